The van der Waals surface area contributed by atoms with E-state index in [1.807, 2.05) is 0 Å². The lowest BCUT2D eigenvalue weighted by Crippen LogP contribution is -2.18. The van der Waals surface area contributed by atoms with Gasteiger partial charge in [-0.05, 0) is 30.9 Å². The molecule has 0 spiro atoms. The summed E-state index contributed by atoms with van der Waals surface area (Å²) in [5, 5.41) is 3.43. The summed E-state index contributed by atoms with van der Waals surface area (Å²) in [5.41, 5.74) is 1.28. The zero-order valence-electron chi connectivity index (χ0n) is 11.6. The van der Waals surface area contributed by atoms with E-state index in [-0.39, 0.29) is 6.04 Å². The highest BCUT2D eigenvalue weighted by atomic mass is 32.2. The maximum Gasteiger partial charge on any atom is 0.208 e. The van der Waals surface area contributed by atoms with E-state index in [2.05, 4.69) is 54.7 Å². The number of thioether (sulfide) groups is 1. The third-order valence-electron chi connectivity index (χ3n) is 3.13. The van der Waals surface area contributed by atoms with Crippen molar-refractivity contribution in [2.45, 2.75) is 37.8 Å². The smallest absolute Gasteiger partial charge is 0.208 e. The predicted molar refractivity (Wildman–Crippen MR) is 79.4 cm³/mol. The average Bonchev–Trinajstić information content (AvgIpc) is 2.93. The van der Waals surface area contributed by atoms with Crippen LogP contribution in [0.4, 0.5) is 0 Å². The Balaban J connectivity index is 1.90. The molecule has 4 heteroatoms. The molecule has 0 radical (unpaired) electrons. The SMILES string of the molecule is CCc1cnc(CNC(C)c2ccc(SC)cc2)o1. The summed E-state index contributed by atoms with van der Waals surface area (Å²) in [6.45, 7) is 4.87. The van der Waals surface area contributed by atoms with Gasteiger partial charge in [-0.2, -0.15) is 0 Å². The second kappa shape index (κ2) is 6.78. The minimum absolute atomic E-state index is 0.285. The molecule has 0 bridgehead atoms. The maximum atomic E-state index is 5.58. The van der Waals surface area contributed by atoms with Crippen LogP contribution in [0, 0.1) is 0 Å². The van der Waals surface area contributed by atoms with Gasteiger partial charge in [-0.1, -0.05) is 19.1 Å². The molecule has 1 aromatic carbocycles. The summed E-state index contributed by atoms with van der Waals surface area (Å²) < 4.78 is 5.58. The number of hydrogen-bond acceptors (Lipinski definition) is 4. The van der Waals surface area contributed by atoms with Gasteiger partial charge in [0.1, 0.15) is 5.76 Å². The average molecular weight is 276 g/mol. The highest BCUT2D eigenvalue weighted by molar-refractivity contribution is 7.98. The first-order chi connectivity index (χ1) is 9.22. The topological polar surface area (TPSA) is 38.1 Å². The second-order valence-corrected chi connectivity index (χ2v) is 5.33. The van der Waals surface area contributed by atoms with Gasteiger partial charge in [-0.3, -0.25) is 0 Å². The van der Waals surface area contributed by atoms with Gasteiger partial charge < -0.3 is 9.73 Å². The van der Waals surface area contributed by atoms with Crippen molar-refractivity contribution >= 4 is 11.8 Å². The number of aryl methyl sites for hydroxylation is 1. The van der Waals surface area contributed by atoms with Crippen molar-refractivity contribution in [2.24, 2.45) is 0 Å². The van der Waals surface area contributed by atoms with Crippen molar-refractivity contribution < 1.29 is 4.42 Å². The Kier molecular flexibility index (Phi) is 5.05. The van der Waals surface area contributed by atoms with E-state index in [1.165, 1.54) is 10.5 Å². The first-order valence-corrected chi connectivity index (χ1v) is 7.76. The Morgan fingerprint density at radius 3 is 2.63 bits per heavy atom. The van der Waals surface area contributed by atoms with Crippen LogP contribution in [0.5, 0.6) is 0 Å². The van der Waals surface area contributed by atoms with Crippen LogP contribution in [0.25, 0.3) is 0 Å². The second-order valence-electron chi connectivity index (χ2n) is 4.45. The van der Waals surface area contributed by atoms with E-state index in [0.29, 0.717) is 6.54 Å². The van der Waals surface area contributed by atoms with Crippen LogP contribution in [0.3, 0.4) is 0 Å². The number of oxazole rings is 1. The molecule has 0 aliphatic heterocycles. The Hall–Kier alpha value is -1.26. The number of hydrogen-bond donors (Lipinski definition) is 1. The summed E-state index contributed by atoms with van der Waals surface area (Å²) >= 11 is 1.76. The molecule has 19 heavy (non-hydrogen) atoms. The Bertz CT molecular complexity index is 507. The fourth-order valence-corrected chi connectivity index (χ4v) is 2.25. The normalized spacial score (nSPS) is 12.6. The highest BCUT2D eigenvalue weighted by Crippen LogP contribution is 2.19. The highest BCUT2D eigenvalue weighted by Gasteiger charge is 2.07. The zero-order valence-corrected chi connectivity index (χ0v) is 12.5. The van der Waals surface area contributed by atoms with Crippen LogP contribution in [0.1, 0.15) is 37.1 Å². The number of aromatic nitrogens is 1. The van der Waals surface area contributed by atoms with Crippen LogP contribution in [-0.2, 0) is 13.0 Å². The van der Waals surface area contributed by atoms with Crippen LogP contribution in [-0.4, -0.2) is 11.2 Å². The minimum Gasteiger partial charge on any atom is -0.444 e. The minimum atomic E-state index is 0.285. The van der Waals surface area contributed by atoms with Gasteiger partial charge in [0, 0.05) is 17.4 Å². The molecule has 0 amide bonds. The lowest BCUT2D eigenvalue weighted by atomic mass is 10.1. The van der Waals surface area contributed by atoms with Gasteiger partial charge in [0.15, 0.2) is 0 Å². The molecule has 0 fully saturated rings. The monoisotopic (exact) mass is 276 g/mol. The van der Waals surface area contributed by atoms with Crippen molar-refractivity contribution in [3.8, 4) is 0 Å². The molecule has 0 aliphatic carbocycles. The molecule has 102 valence electrons. The lowest BCUT2D eigenvalue weighted by molar-refractivity contribution is 0.424. The third kappa shape index (κ3) is 3.85. The molecule has 1 heterocycles. The standard InChI is InChI=1S/C15H20N2OS/c1-4-13-9-17-15(18-13)10-16-11(2)12-5-7-14(19-3)8-6-12/h5-9,11,16H,4,10H2,1-3H3. The van der Waals surface area contributed by atoms with Gasteiger partial charge >= 0.3 is 0 Å². The van der Waals surface area contributed by atoms with Gasteiger partial charge in [0.05, 0.1) is 12.7 Å². The molecule has 2 aromatic rings. The summed E-state index contributed by atoms with van der Waals surface area (Å²) in [6, 6.07) is 8.91. The van der Waals surface area contributed by atoms with Crippen LogP contribution >= 0.6 is 11.8 Å². The Morgan fingerprint density at radius 1 is 1.32 bits per heavy atom. The molecule has 2 rings (SSSR count). The number of rotatable bonds is 6. The van der Waals surface area contributed by atoms with Crippen molar-refractivity contribution in [2.75, 3.05) is 6.26 Å². The molecular weight excluding hydrogens is 256 g/mol. The summed E-state index contributed by atoms with van der Waals surface area (Å²) in [6.07, 6.45) is 4.78. The first kappa shape index (κ1) is 14.2. The molecule has 1 unspecified atom stereocenters. The van der Waals surface area contributed by atoms with Gasteiger partial charge in [0.25, 0.3) is 0 Å². The Labute approximate surface area is 118 Å². The van der Waals surface area contributed by atoms with Crippen LogP contribution in [0.2, 0.25) is 0 Å². The summed E-state index contributed by atoms with van der Waals surface area (Å²) in [4.78, 5) is 5.54. The fraction of sp³-hybridized carbons (Fsp3) is 0.400. The Morgan fingerprint density at radius 2 is 2.05 bits per heavy atom. The maximum absolute atomic E-state index is 5.58. The molecule has 1 N–H and O–H groups in total. The van der Waals surface area contributed by atoms with Crippen molar-refractivity contribution in [1.29, 1.82) is 0 Å². The summed E-state index contributed by atoms with van der Waals surface area (Å²) in [5.74, 6) is 1.69. The van der Waals surface area contributed by atoms with Crippen molar-refractivity contribution in [3.05, 3.63) is 47.7 Å². The summed E-state index contributed by atoms with van der Waals surface area (Å²) in [7, 11) is 0. The van der Waals surface area contributed by atoms with Crippen LogP contribution in [0.15, 0.2) is 39.8 Å². The largest absolute Gasteiger partial charge is 0.444 e. The lowest BCUT2D eigenvalue weighted by Gasteiger charge is -2.13. The van der Waals surface area contributed by atoms with E-state index in [9.17, 15) is 0 Å². The van der Waals surface area contributed by atoms with Gasteiger partial charge in [-0.15, -0.1) is 11.8 Å². The zero-order chi connectivity index (χ0) is 13.7. The predicted octanol–water partition coefficient (Wildman–Crippen LogP) is 3.81. The molecular formula is C15H20N2OS. The molecule has 1 atom stereocenters. The van der Waals surface area contributed by atoms with E-state index < -0.39 is 0 Å². The van der Waals surface area contributed by atoms with E-state index in [1.54, 1.807) is 18.0 Å². The molecule has 0 aliphatic rings. The fourth-order valence-electron chi connectivity index (χ4n) is 1.84. The number of nitrogens with one attached hydrogen (secondary N) is 1. The van der Waals surface area contributed by atoms with E-state index in [4.69, 9.17) is 4.42 Å². The van der Waals surface area contributed by atoms with Crippen LogP contribution < -0.4 is 5.32 Å². The molecule has 0 saturated heterocycles. The third-order valence-corrected chi connectivity index (χ3v) is 3.87. The van der Waals surface area contributed by atoms with Gasteiger partial charge in [0.2, 0.25) is 5.89 Å². The molecule has 1 aromatic heterocycles. The first-order valence-electron chi connectivity index (χ1n) is 6.53. The quantitative estimate of drug-likeness (QED) is 0.814. The number of nitrogens with zero attached hydrogens (tertiary/aromatic N) is 1. The molecule has 3 nitrogen and oxygen atoms in total. The van der Waals surface area contributed by atoms with Crippen molar-refractivity contribution in [1.82, 2.24) is 10.3 Å². The van der Waals surface area contributed by atoms with Gasteiger partial charge in [-0.25, -0.2) is 4.98 Å². The number of benzene rings is 1. The van der Waals surface area contributed by atoms with Crippen molar-refractivity contribution in [3.63, 3.8) is 0 Å². The van der Waals surface area contributed by atoms with E-state index in [0.717, 1.165) is 18.1 Å². The molecule has 0 saturated carbocycles. The van der Waals surface area contributed by atoms with E-state index >= 15 is 0 Å².